The largest absolute Gasteiger partial charge is 0.342 e. The minimum absolute atomic E-state index is 0.231. The number of aromatic nitrogens is 2. The summed E-state index contributed by atoms with van der Waals surface area (Å²) in [7, 11) is 1.88. The average molecular weight is 260 g/mol. The molecule has 0 aliphatic carbocycles. The second kappa shape index (κ2) is 5.34. The van der Waals surface area contributed by atoms with Gasteiger partial charge in [0.2, 0.25) is 0 Å². The molecule has 0 radical (unpaired) electrons. The molecule has 0 saturated heterocycles. The fraction of sp³-hybridized carbons (Fsp3) is 0.385. The molecule has 0 amide bonds. The van der Waals surface area contributed by atoms with Gasteiger partial charge in [-0.15, -0.1) is 11.3 Å². The van der Waals surface area contributed by atoms with Crippen LogP contribution in [0.3, 0.4) is 0 Å². The van der Waals surface area contributed by atoms with Crippen LogP contribution in [0.5, 0.6) is 0 Å². The second-order valence-electron chi connectivity index (χ2n) is 4.37. The fourth-order valence-electron chi connectivity index (χ4n) is 1.77. The molecule has 1 N–H and O–H groups in total. The van der Waals surface area contributed by atoms with Crippen molar-refractivity contribution in [2.45, 2.75) is 26.4 Å². The molecular formula is C13H16N4S. The predicted molar refractivity (Wildman–Crippen MR) is 72.2 cm³/mol. The lowest BCUT2D eigenvalue weighted by Gasteiger charge is -2.09. The van der Waals surface area contributed by atoms with Gasteiger partial charge >= 0.3 is 0 Å². The lowest BCUT2D eigenvalue weighted by Crippen LogP contribution is -2.17. The Bertz CT molecular complexity index is 576. The number of nitrogens with one attached hydrogen (secondary N) is 1. The van der Waals surface area contributed by atoms with Crippen molar-refractivity contribution in [3.05, 3.63) is 39.6 Å². The highest BCUT2D eigenvalue weighted by molar-refractivity contribution is 7.11. The number of rotatable bonds is 4. The van der Waals surface area contributed by atoms with Crippen molar-refractivity contribution in [2.24, 2.45) is 7.05 Å². The first-order valence-corrected chi connectivity index (χ1v) is 6.63. The van der Waals surface area contributed by atoms with Crippen LogP contribution >= 0.6 is 11.3 Å². The van der Waals surface area contributed by atoms with E-state index in [1.807, 2.05) is 30.1 Å². The van der Waals surface area contributed by atoms with Crippen LogP contribution in [0.4, 0.5) is 0 Å². The number of nitriles is 1. The maximum absolute atomic E-state index is 8.89. The highest BCUT2D eigenvalue weighted by atomic mass is 32.1. The molecule has 0 aliphatic heterocycles. The third kappa shape index (κ3) is 2.78. The summed E-state index contributed by atoms with van der Waals surface area (Å²) in [5.41, 5.74) is 1.80. The van der Waals surface area contributed by atoms with E-state index in [9.17, 15) is 0 Å². The van der Waals surface area contributed by atoms with Crippen LogP contribution < -0.4 is 5.32 Å². The van der Waals surface area contributed by atoms with Gasteiger partial charge in [0, 0.05) is 30.9 Å². The highest BCUT2D eigenvalue weighted by Gasteiger charge is 2.09. The van der Waals surface area contributed by atoms with E-state index in [-0.39, 0.29) is 6.04 Å². The van der Waals surface area contributed by atoms with Crippen molar-refractivity contribution in [3.63, 3.8) is 0 Å². The van der Waals surface area contributed by atoms with E-state index in [2.05, 4.69) is 30.2 Å². The zero-order chi connectivity index (χ0) is 13.1. The number of thiazole rings is 1. The van der Waals surface area contributed by atoms with E-state index >= 15 is 0 Å². The third-order valence-corrected chi connectivity index (χ3v) is 3.89. The van der Waals surface area contributed by atoms with Gasteiger partial charge < -0.3 is 9.88 Å². The molecule has 0 bridgehead atoms. The number of aryl methyl sites for hydroxylation is 2. The van der Waals surface area contributed by atoms with Crippen LogP contribution in [0.15, 0.2) is 18.5 Å². The van der Waals surface area contributed by atoms with Crippen LogP contribution in [0.1, 0.15) is 34.1 Å². The first-order valence-electron chi connectivity index (χ1n) is 5.81. The Balaban J connectivity index is 1.97. The van der Waals surface area contributed by atoms with Gasteiger partial charge in [0.1, 0.15) is 16.8 Å². The highest BCUT2D eigenvalue weighted by Crippen LogP contribution is 2.19. The van der Waals surface area contributed by atoms with Crippen molar-refractivity contribution in [1.29, 1.82) is 5.26 Å². The number of hydrogen-bond acceptors (Lipinski definition) is 4. The lowest BCUT2D eigenvalue weighted by atomic mass is 10.3. The smallest absolute Gasteiger partial charge is 0.120 e. The van der Waals surface area contributed by atoms with E-state index in [1.54, 1.807) is 11.3 Å². The standard InChI is InChI=1S/C13H16N4S/c1-9-6-16-13(18-9)10(2)15-7-11-4-12(5-14)17(3)8-11/h4,6,8,10,15H,7H2,1-3H3. The molecule has 94 valence electrons. The van der Waals surface area contributed by atoms with E-state index in [1.165, 1.54) is 4.88 Å². The van der Waals surface area contributed by atoms with E-state index < -0.39 is 0 Å². The fourth-order valence-corrected chi connectivity index (χ4v) is 2.57. The molecule has 2 heterocycles. The lowest BCUT2D eigenvalue weighted by molar-refractivity contribution is 0.571. The Morgan fingerprint density at radius 1 is 1.61 bits per heavy atom. The summed E-state index contributed by atoms with van der Waals surface area (Å²) in [6.07, 6.45) is 3.87. The van der Waals surface area contributed by atoms with Gasteiger partial charge in [-0.2, -0.15) is 5.26 Å². The third-order valence-electron chi connectivity index (χ3n) is 2.80. The SMILES string of the molecule is Cc1cnc(C(C)NCc2cc(C#N)n(C)c2)s1. The Morgan fingerprint density at radius 2 is 2.39 bits per heavy atom. The Hall–Kier alpha value is -1.64. The molecule has 2 aromatic heterocycles. The van der Waals surface area contributed by atoms with Gasteiger partial charge in [-0.1, -0.05) is 0 Å². The van der Waals surface area contributed by atoms with Crippen LogP contribution in [0.2, 0.25) is 0 Å². The quantitative estimate of drug-likeness (QED) is 0.919. The second-order valence-corrected chi connectivity index (χ2v) is 5.63. The maximum Gasteiger partial charge on any atom is 0.120 e. The first-order chi connectivity index (χ1) is 8.60. The van der Waals surface area contributed by atoms with Crippen LogP contribution in [-0.2, 0) is 13.6 Å². The molecule has 0 aliphatic rings. The van der Waals surface area contributed by atoms with E-state index in [0.717, 1.165) is 17.1 Å². The van der Waals surface area contributed by atoms with Crippen LogP contribution in [0.25, 0.3) is 0 Å². The van der Waals surface area contributed by atoms with Gasteiger partial charge in [-0.3, -0.25) is 0 Å². The minimum Gasteiger partial charge on any atom is -0.342 e. The predicted octanol–water partition coefficient (Wildman–Crippen LogP) is 2.51. The van der Waals surface area contributed by atoms with Crippen LogP contribution in [0, 0.1) is 18.3 Å². The molecule has 0 aromatic carbocycles. The molecule has 2 rings (SSSR count). The molecule has 0 fully saturated rings. The Morgan fingerprint density at radius 3 is 2.94 bits per heavy atom. The zero-order valence-corrected chi connectivity index (χ0v) is 11.6. The maximum atomic E-state index is 8.89. The summed E-state index contributed by atoms with van der Waals surface area (Å²) < 4.78 is 1.84. The van der Waals surface area contributed by atoms with Gasteiger partial charge in [0.05, 0.1) is 6.04 Å². The van der Waals surface area contributed by atoms with E-state index in [4.69, 9.17) is 5.26 Å². The topological polar surface area (TPSA) is 53.6 Å². The van der Waals surface area contributed by atoms with Gasteiger partial charge in [0.15, 0.2) is 0 Å². The molecule has 2 aromatic rings. The Kier molecular flexibility index (Phi) is 3.80. The minimum atomic E-state index is 0.231. The monoisotopic (exact) mass is 260 g/mol. The molecule has 1 atom stereocenters. The Labute approximate surface area is 111 Å². The molecule has 5 heteroatoms. The summed E-state index contributed by atoms with van der Waals surface area (Å²) in [5.74, 6) is 0. The summed E-state index contributed by atoms with van der Waals surface area (Å²) in [5, 5.41) is 13.4. The van der Waals surface area contributed by atoms with Crippen molar-refractivity contribution in [2.75, 3.05) is 0 Å². The average Bonchev–Trinajstić information content (AvgIpc) is 2.92. The molecule has 18 heavy (non-hydrogen) atoms. The first kappa shape index (κ1) is 12.8. The molecule has 0 spiro atoms. The molecular weight excluding hydrogens is 244 g/mol. The summed E-state index contributed by atoms with van der Waals surface area (Å²) in [4.78, 5) is 5.59. The number of nitrogens with zero attached hydrogens (tertiary/aromatic N) is 3. The normalized spacial score (nSPS) is 12.3. The molecule has 0 saturated carbocycles. The van der Waals surface area contributed by atoms with Gasteiger partial charge in [-0.05, 0) is 25.5 Å². The zero-order valence-electron chi connectivity index (χ0n) is 10.8. The van der Waals surface area contributed by atoms with Crippen molar-refractivity contribution < 1.29 is 0 Å². The van der Waals surface area contributed by atoms with Crippen molar-refractivity contribution in [3.8, 4) is 6.07 Å². The van der Waals surface area contributed by atoms with Crippen molar-refractivity contribution in [1.82, 2.24) is 14.9 Å². The molecule has 1 unspecified atom stereocenters. The van der Waals surface area contributed by atoms with Gasteiger partial charge in [0.25, 0.3) is 0 Å². The summed E-state index contributed by atoms with van der Waals surface area (Å²) >= 11 is 1.71. The summed E-state index contributed by atoms with van der Waals surface area (Å²) in [6.45, 7) is 4.91. The summed E-state index contributed by atoms with van der Waals surface area (Å²) in [6, 6.07) is 4.30. The van der Waals surface area contributed by atoms with Gasteiger partial charge in [-0.25, -0.2) is 4.98 Å². The molecule has 4 nitrogen and oxygen atoms in total. The van der Waals surface area contributed by atoms with Crippen LogP contribution in [-0.4, -0.2) is 9.55 Å². The van der Waals surface area contributed by atoms with E-state index in [0.29, 0.717) is 5.69 Å². The number of hydrogen-bond donors (Lipinski definition) is 1. The van der Waals surface area contributed by atoms with Crippen molar-refractivity contribution >= 4 is 11.3 Å².